The van der Waals surface area contributed by atoms with Crippen LogP contribution >= 0.6 is 11.6 Å². The van der Waals surface area contributed by atoms with Crippen LogP contribution in [0.3, 0.4) is 0 Å². The van der Waals surface area contributed by atoms with E-state index in [4.69, 9.17) is 22.1 Å². The molecule has 92 valence electrons. The van der Waals surface area contributed by atoms with Crippen molar-refractivity contribution in [1.82, 2.24) is 0 Å². The number of carbonyl (C=O) groups excluding carboxylic acids is 1. The Morgan fingerprint density at radius 2 is 2.12 bits per heavy atom. The second-order valence-electron chi connectivity index (χ2n) is 3.90. The monoisotopic (exact) mass is 254 g/mol. The number of anilines is 1. The Balaban J connectivity index is 2.14. The van der Waals surface area contributed by atoms with Crippen LogP contribution in [0.4, 0.5) is 5.69 Å². The zero-order valence-corrected chi connectivity index (χ0v) is 10.2. The number of benzene rings is 1. The predicted molar refractivity (Wildman–Crippen MR) is 67.2 cm³/mol. The molecule has 0 aliphatic carbocycles. The molecule has 1 saturated heterocycles. The van der Waals surface area contributed by atoms with Gasteiger partial charge in [0.2, 0.25) is 0 Å². The quantitative estimate of drug-likeness (QED) is 0.888. The molecule has 1 fully saturated rings. The minimum absolute atomic E-state index is 0.0241. The summed E-state index contributed by atoms with van der Waals surface area (Å²) in [5.41, 5.74) is 6.31. The molecule has 5 heteroatoms. The van der Waals surface area contributed by atoms with Gasteiger partial charge in [0.15, 0.2) is 0 Å². The number of amides is 1. The molecule has 2 N–H and O–H groups in total. The fourth-order valence-corrected chi connectivity index (χ4v) is 2.00. The van der Waals surface area contributed by atoms with Gasteiger partial charge in [-0.2, -0.15) is 0 Å². The van der Waals surface area contributed by atoms with E-state index in [1.165, 1.54) is 0 Å². The number of rotatable bonds is 3. The van der Waals surface area contributed by atoms with Crippen molar-refractivity contribution in [2.45, 2.75) is 12.5 Å². The van der Waals surface area contributed by atoms with Crippen molar-refractivity contribution in [3.05, 3.63) is 29.3 Å². The molecule has 0 bridgehead atoms. The van der Waals surface area contributed by atoms with Crippen molar-refractivity contribution in [3.8, 4) is 0 Å². The van der Waals surface area contributed by atoms with Gasteiger partial charge in [0.1, 0.15) is 6.10 Å². The van der Waals surface area contributed by atoms with Crippen molar-refractivity contribution in [2.24, 2.45) is 5.73 Å². The van der Waals surface area contributed by atoms with E-state index < -0.39 is 6.10 Å². The Labute approximate surface area is 105 Å². The summed E-state index contributed by atoms with van der Waals surface area (Å²) in [6, 6.07) is 7.23. The SMILES string of the molecule is NCCC1OCCN(c2ccc(Cl)cc2)C1=O. The highest BCUT2D eigenvalue weighted by Crippen LogP contribution is 2.21. The Kier molecular flexibility index (Phi) is 3.99. The lowest BCUT2D eigenvalue weighted by atomic mass is 10.1. The summed E-state index contributed by atoms with van der Waals surface area (Å²) in [6.07, 6.45) is 0.146. The van der Waals surface area contributed by atoms with Gasteiger partial charge >= 0.3 is 0 Å². The molecule has 1 aliphatic rings. The van der Waals surface area contributed by atoms with Crippen LogP contribution in [-0.2, 0) is 9.53 Å². The van der Waals surface area contributed by atoms with Gasteiger partial charge < -0.3 is 15.4 Å². The Morgan fingerprint density at radius 3 is 2.76 bits per heavy atom. The van der Waals surface area contributed by atoms with Crippen molar-refractivity contribution in [3.63, 3.8) is 0 Å². The molecule has 0 spiro atoms. The second kappa shape index (κ2) is 5.49. The normalized spacial score (nSPS) is 20.7. The summed E-state index contributed by atoms with van der Waals surface area (Å²) < 4.78 is 5.41. The van der Waals surface area contributed by atoms with E-state index in [0.717, 1.165) is 5.69 Å². The van der Waals surface area contributed by atoms with E-state index in [2.05, 4.69) is 0 Å². The first-order valence-corrected chi connectivity index (χ1v) is 5.99. The average molecular weight is 255 g/mol. The molecular weight excluding hydrogens is 240 g/mol. The maximum Gasteiger partial charge on any atom is 0.256 e. The largest absolute Gasteiger partial charge is 0.366 e. The van der Waals surface area contributed by atoms with Crippen molar-refractivity contribution in [2.75, 3.05) is 24.6 Å². The summed E-state index contributed by atoms with van der Waals surface area (Å²) in [5, 5.41) is 0.660. The lowest BCUT2D eigenvalue weighted by molar-refractivity contribution is -0.134. The van der Waals surface area contributed by atoms with Crippen molar-refractivity contribution in [1.29, 1.82) is 0 Å². The van der Waals surface area contributed by atoms with E-state index in [9.17, 15) is 4.79 Å². The van der Waals surface area contributed by atoms with Crippen molar-refractivity contribution < 1.29 is 9.53 Å². The van der Waals surface area contributed by atoms with E-state index in [1.807, 2.05) is 12.1 Å². The third kappa shape index (κ3) is 2.77. The molecular formula is C12H15ClN2O2. The third-order valence-corrected chi connectivity index (χ3v) is 2.99. The van der Waals surface area contributed by atoms with E-state index in [1.54, 1.807) is 17.0 Å². The molecule has 1 amide bonds. The molecule has 1 aromatic rings. The molecule has 2 rings (SSSR count). The van der Waals surface area contributed by atoms with Gasteiger partial charge in [0, 0.05) is 17.3 Å². The highest BCUT2D eigenvalue weighted by Gasteiger charge is 2.29. The number of carbonyl (C=O) groups is 1. The van der Waals surface area contributed by atoms with Crippen molar-refractivity contribution >= 4 is 23.2 Å². The van der Waals surface area contributed by atoms with Crippen LogP contribution in [0.1, 0.15) is 6.42 Å². The van der Waals surface area contributed by atoms with Crippen LogP contribution in [-0.4, -0.2) is 31.7 Å². The molecule has 1 aromatic carbocycles. The second-order valence-corrected chi connectivity index (χ2v) is 4.34. The number of morpholine rings is 1. The summed E-state index contributed by atoms with van der Waals surface area (Å²) in [6.45, 7) is 1.56. The molecule has 1 heterocycles. The van der Waals surface area contributed by atoms with E-state index in [-0.39, 0.29) is 5.91 Å². The zero-order chi connectivity index (χ0) is 12.3. The van der Waals surface area contributed by atoms with Crippen LogP contribution in [0.15, 0.2) is 24.3 Å². The van der Waals surface area contributed by atoms with Crippen LogP contribution in [0.2, 0.25) is 5.02 Å². The molecule has 0 saturated carbocycles. The molecule has 4 nitrogen and oxygen atoms in total. The maximum absolute atomic E-state index is 12.1. The number of halogens is 1. The summed E-state index contributed by atoms with van der Waals surface area (Å²) >= 11 is 5.82. The lowest BCUT2D eigenvalue weighted by Crippen LogP contribution is -2.48. The van der Waals surface area contributed by atoms with Gasteiger partial charge in [-0.15, -0.1) is 0 Å². The topological polar surface area (TPSA) is 55.6 Å². The molecule has 17 heavy (non-hydrogen) atoms. The fourth-order valence-electron chi connectivity index (χ4n) is 1.88. The maximum atomic E-state index is 12.1. The van der Waals surface area contributed by atoms with E-state index in [0.29, 0.717) is 31.1 Å². The van der Waals surface area contributed by atoms with Crippen LogP contribution < -0.4 is 10.6 Å². The van der Waals surface area contributed by atoms with Gasteiger partial charge in [-0.1, -0.05) is 11.6 Å². The predicted octanol–water partition coefficient (Wildman–Crippen LogP) is 1.42. The number of nitrogens with zero attached hydrogens (tertiary/aromatic N) is 1. The summed E-state index contributed by atoms with van der Waals surface area (Å²) in [7, 11) is 0. The minimum Gasteiger partial charge on any atom is -0.366 e. The Morgan fingerprint density at radius 1 is 1.41 bits per heavy atom. The van der Waals surface area contributed by atoms with Crippen LogP contribution in [0.25, 0.3) is 0 Å². The molecule has 0 aromatic heterocycles. The third-order valence-electron chi connectivity index (χ3n) is 2.74. The van der Waals surface area contributed by atoms with Gasteiger partial charge in [0.25, 0.3) is 5.91 Å². The first-order valence-electron chi connectivity index (χ1n) is 5.61. The molecule has 1 atom stereocenters. The van der Waals surface area contributed by atoms with Crippen LogP contribution in [0.5, 0.6) is 0 Å². The number of nitrogens with two attached hydrogens (primary N) is 1. The fraction of sp³-hybridized carbons (Fsp3) is 0.417. The Bertz CT molecular complexity index is 392. The van der Waals surface area contributed by atoms with Gasteiger partial charge in [0.05, 0.1) is 6.61 Å². The van der Waals surface area contributed by atoms with Gasteiger partial charge in [-0.3, -0.25) is 4.79 Å². The molecule has 1 aliphatic heterocycles. The summed E-state index contributed by atoms with van der Waals surface area (Å²) in [5.74, 6) is -0.0241. The smallest absolute Gasteiger partial charge is 0.256 e. The summed E-state index contributed by atoms with van der Waals surface area (Å²) in [4.78, 5) is 13.8. The first kappa shape index (κ1) is 12.4. The number of hydrogen-bond acceptors (Lipinski definition) is 3. The highest BCUT2D eigenvalue weighted by molar-refractivity contribution is 6.30. The average Bonchev–Trinajstić information content (AvgIpc) is 2.34. The van der Waals surface area contributed by atoms with Gasteiger partial charge in [-0.05, 0) is 37.2 Å². The van der Waals surface area contributed by atoms with E-state index >= 15 is 0 Å². The number of hydrogen-bond donors (Lipinski definition) is 1. The van der Waals surface area contributed by atoms with Gasteiger partial charge in [-0.25, -0.2) is 0 Å². The standard InChI is InChI=1S/C12H15ClN2O2/c13-9-1-3-10(4-2-9)15-7-8-17-11(5-6-14)12(15)16/h1-4,11H,5-8,14H2. The molecule has 0 radical (unpaired) electrons. The lowest BCUT2D eigenvalue weighted by Gasteiger charge is -2.32. The Hall–Kier alpha value is -1.10. The zero-order valence-electron chi connectivity index (χ0n) is 9.43. The highest BCUT2D eigenvalue weighted by atomic mass is 35.5. The van der Waals surface area contributed by atoms with Crippen LogP contribution in [0, 0.1) is 0 Å². The first-order chi connectivity index (χ1) is 8.22. The minimum atomic E-state index is -0.413. The number of ether oxygens (including phenoxy) is 1. The molecule has 1 unspecified atom stereocenters.